The van der Waals surface area contributed by atoms with E-state index in [9.17, 15) is 19.8 Å². The Bertz CT molecular complexity index is 667. The van der Waals surface area contributed by atoms with Crippen molar-refractivity contribution in [2.24, 2.45) is 0 Å². The highest BCUT2D eigenvalue weighted by molar-refractivity contribution is 5.98. The lowest BCUT2D eigenvalue weighted by Crippen LogP contribution is -2.12. The van der Waals surface area contributed by atoms with Crippen molar-refractivity contribution in [3.63, 3.8) is 0 Å². The minimum atomic E-state index is -1.04. The Morgan fingerprint density at radius 1 is 0.271 bits per heavy atom. The molecule has 0 aliphatic heterocycles. The van der Waals surface area contributed by atoms with E-state index >= 15 is 0 Å². The second-order valence-electron chi connectivity index (χ2n) is 15.1. The Morgan fingerprint density at radius 2 is 0.417 bits per heavy atom. The van der Waals surface area contributed by atoms with E-state index in [0.29, 0.717) is 12.8 Å². The van der Waals surface area contributed by atoms with Gasteiger partial charge in [0.1, 0.15) is 0 Å². The van der Waals surface area contributed by atoms with E-state index in [2.05, 4.69) is 13.8 Å². The molecule has 48 heavy (non-hydrogen) atoms. The van der Waals surface area contributed by atoms with Crippen LogP contribution in [0, 0.1) is 0 Å². The third kappa shape index (κ3) is 33.2. The average molecular weight is 677 g/mol. The van der Waals surface area contributed by atoms with Gasteiger partial charge in [0, 0.05) is 11.1 Å². The summed E-state index contributed by atoms with van der Waals surface area (Å²) in [6.45, 7) is 4.56. The third-order valence-corrected chi connectivity index (χ3v) is 10.4. The summed E-state index contributed by atoms with van der Waals surface area (Å²) in [5.74, 6) is -2.08. The fourth-order valence-corrected chi connectivity index (χ4v) is 7.18. The summed E-state index contributed by atoms with van der Waals surface area (Å²) >= 11 is 0. The van der Waals surface area contributed by atoms with Gasteiger partial charge in [0.15, 0.2) is 0 Å². The van der Waals surface area contributed by atoms with Crippen LogP contribution < -0.4 is 0 Å². The number of carbonyl (C=O) groups is 2. The number of rotatable bonds is 40. The van der Waals surface area contributed by atoms with Crippen molar-refractivity contribution in [3.05, 3.63) is 11.1 Å². The maximum absolute atomic E-state index is 11.9. The number of hydrogen-bond donors (Lipinski definition) is 2. The largest absolute Gasteiger partial charge is 0.478 e. The Balaban J connectivity index is 3.78. The smallest absolute Gasteiger partial charge is 0.332 e. The van der Waals surface area contributed by atoms with Gasteiger partial charge in [0.2, 0.25) is 0 Å². The van der Waals surface area contributed by atoms with Gasteiger partial charge < -0.3 is 10.2 Å². The molecule has 0 bridgehead atoms. The van der Waals surface area contributed by atoms with E-state index in [-0.39, 0.29) is 11.1 Å². The van der Waals surface area contributed by atoms with Crippen molar-refractivity contribution in [1.29, 1.82) is 0 Å². The molecule has 0 saturated carbocycles. The van der Waals surface area contributed by atoms with E-state index in [0.717, 1.165) is 38.5 Å². The van der Waals surface area contributed by atoms with Crippen molar-refractivity contribution in [1.82, 2.24) is 0 Å². The summed E-state index contributed by atoms with van der Waals surface area (Å²) < 4.78 is 0. The highest BCUT2D eigenvalue weighted by atomic mass is 16.4. The van der Waals surface area contributed by atoms with E-state index < -0.39 is 11.9 Å². The van der Waals surface area contributed by atoms with Gasteiger partial charge in [-0.15, -0.1) is 0 Å². The fraction of sp³-hybridized carbons (Fsp3) is 0.909. The zero-order valence-corrected chi connectivity index (χ0v) is 32.6. The number of carboxylic acid groups (broad SMARTS) is 2. The molecule has 4 nitrogen and oxygen atoms in total. The van der Waals surface area contributed by atoms with Crippen molar-refractivity contribution in [3.8, 4) is 0 Å². The maximum Gasteiger partial charge on any atom is 0.332 e. The summed E-state index contributed by atoms with van der Waals surface area (Å²) in [5, 5.41) is 19.5. The van der Waals surface area contributed by atoms with Crippen molar-refractivity contribution in [2.45, 2.75) is 258 Å². The van der Waals surface area contributed by atoms with Gasteiger partial charge in [-0.3, -0.25) is 0 Å². The van der Waals surface area contributed by atoms with Crippen LogP contribution in [0.2, 0.25) is 0 Å². The molecule has 0 radical (unpaired) electrons. The molecule has 0 aromatic heterocycles. The molecule has 0 atom stereocenters. The van der Waals surface area contributed by atoms with Gasteiger partial charge in [0.25, 0.3) is 0 Å². The van der Waals surface area contributed by atoms with Crippen molar-refractivity contribution < 1.29 is 19.8 Å². The van der Waals surface area contributed by atoms with Crippen LogP contribution in [-0.4, -0.2) is 22.2 Å². The zero-order valence-electron chi connectivity index (χ0n) is 32.6. The molecule has 0 unspecified atom stereocenters. The SMILES string of the molecule is CCCCCCCCCCCCCCCCCCCCC(C(=O)O)=C(CCCCCCCCCCCCCCCCCCCC)C(=O)O. The van der Waals surface area contributed by atoms with Crippen LogP contribution in [0.15, 0.2) is 11.1 Å². The van der Waals surface area contributed by atoms with Crippen LogP contribution in [0.4, 0.5) is 0 Å². The number of carboxylic acids is 2. The minimum Gasteiger partial charge on any atom is -0.478 e. The van der Waals surface area contributed by atoms with E-state index in [4.69, 9.17) is 0 Å². The summed E-state index contributed by atoms with van der Waals surface area (Å²) in [7, 11) is 0. The lowest BCUT2D eigenvalue weighted by molar-refractivity contribution is -0.136. The van der Waals surface area contributed by atoms with Gasteiger partial charge in [-0.25, -0.2) is 9.59 Å². The number of aliphatic carboxylic acids is 2. The van der Waals surface area contributed by atoms with Gasteiger partial charge in [-0.05, 0) is 25.7 Å². The lowest BCUT2D eigenvalue weighted by atomic mass is 9.96. The van der Waals surface area contributed by atoms with E-state index in [1.807, 2.05) is 0 Å². The van der Waals surface area contributed by atoms with Gasteiger partial charge >= 0.3 is 11.9 Å². The normalized spacial score (nSPS) is 12.0. The molecule has 2 N–H and O–H groups in total. The number of hydrogen-bond acceptors (Lipinski definition) is 2. The zero-order chi connectivity index (χ0) is 35.2. The molecule has 0 amide bonds. The summed E-state index contributed by atoms with van der Waals surface area (Å²) in [5.41, 5.74) is 0.289. The first-order valence-electron chi connectivity index (χ1n) is 21.7. The molecule has 0 aliphatic rings. The van der Waals surface area contributed by atoms with Crippen LogP contribution in [0.25, 0.3) is 0 Å². The monoisotopic (exact) mass is 677 g/mol. The fourth-order valence-electron chi connectivity index (χ4n) is 7.18. The van der Waals surface area contributed by atoms with Crippen LogP contribution >= 0.6 is 0 Å². The van der Waals surface area contributed by atoms with Gasteiger partial charge in [0.05, 0.1) is 0 Å². The Labute approximate surface area is 300 Å². The van der Waals surface area contributed by atoms with E-state index in [1.54, 1.807) is 0 Å². The summed E-state index contributed by atoms with van der Waals surface area (Å²) in [4.78, 5) is 23.9. The van der Waals surface area contributed by atoms with Crippen molar-refractivity contribution >= 4 is 11.9 Å². The van der Waals surface area contributed by atoms with Crippen LogP contribution in [-0.2, 0) is 9.59 Å². The Hall–Kier alpha value is -1.32. The highest BCUT2D eigenvalue weighted by Crippen LogP contribution is 2.22. The molecule has 4 heteroatoms. The lowest BCUT2D eigenvalue weighted by Gasteiger charge is -2.10. The molecule has 0 saturated heterocycles. The molecule has 0 aliphatic carbocycles. The van der Waals surface area contributed by atoms with Crippen LogP contribution in [0.3, 0.4) is 0 Å². The predicted molar refractivity (Wildman–Crippen MR) is 209 cm³/mol. The number of unbranched alkanes of at least 4 members (excludes halogenated alkanes) is 34. The first-order chi connectivity index (χ1) is 23.5. The molecule has 0 aromatic rings. The molecule has 284 valence electrons. The van der Waals surface area contributed by atoms with Gasteiger partial charge in [-0.1, -0.05) is 232 Å². The first-order valence-corrected chi connectivity index (χ1v) is 21.7. The minimum absolute atomic E-state index is 0.144. The molecular weight excluding hydrogens is 592 g/mol. The quantitative estimate of drug-likeness (QED) is 0.0500. The summed E-state index contributed by atoms with van der Waals surface area (Å²) in [6.07, 6.45) is 47.5. The average Bonchev–Trinajstić information content (AvgIpc) is 3.07. The highest BCUT2D eigenvalue weighted by Gasteiger charge is 2.19. The second kappa shape index (κ2) is 38.5. The topological polar surface area (TPSA) is 74.6 Å². The van der Waals surface area contributed by atoms with E-state index in [1.165, 1.54) is 193 Å². The Morgan fingerprint density at radius 3 is 0.562 bits per heavy atom. The maximum atomic E-state index is 11.9. The van der Waals surface area contributed by atoms with Crippen LogP contribution in [0.1, 0.15) is 258 Å². The molecule has 0 fully saturated rings. The molecular formula is C44H84O4. The molecule has 0 heterocycles. The molecule has 0 spiro atoms. The van der Waals surface area contributed by atoms with Crippen molar-refractivity contribution in [2.75, 3.05) is 0 Å². The molecule has 0 rings (SSSR count). The summed E-state index contributed by atoms with van der Waals surface area (Å²) in [6, 6.07) is 0. The third-order valence-electron chi connectivity index (χ3n) is 10.4. The Kier molecular flexibility index (Phi) is 37.4. The van der Waals surface area contributed by atoms with Gasteiger partial charge in [-0.2, -0.15) is 0 Å². The van der Waals surface area contributed by atoms with Crippen LogP contribution in [0.5, 0.6) is 0 Å². The standard InChI is InChI=1S/C44H84O4/c1-3-5-7-9-11-13-15-17-19-21-23-25-27-29-31-33-35-37-39-41(43(45)46)42(44(47)48)40-38-36-34-32-30-28-26-24-22-20-18-16-14-12-10-8-6-4-2/h3-40H2,1-2H3,(H,45,46)(H,47,48). The second-order valence-corrected chi connectivity index (χ2v) is 15.1. The molecule has 0 aromatic carbocycles. The predicted octanol–water partition coefficient (Wildman–Crippen LogP) is 15.3. The first kappa shape index (κ1) is 46.7.